The zero-order valence-corrected chi connectivity index (χ0v) is 16.2. The fraction of sp³-hybridized carbons (Fsp3) is 0.318. The van der Waals surface area contributed by atoms with Gasteiger partial charge in [0.25, 0.3) is 5.56 Å². The lowest BCUT2D eigenvalue weighted by Crippen LogP contribution is -2.25. The van der Waals surface area contributed by atoms with Gasteiger partial charge in [0, 0.05) is 11.9 Å². The van der Waals surface area contributed by atoms with E-state index >= 15 is 0 Å². The first-order valence-corrected chi connectivity index (χ1v) is 9.07. The van der Waals surface area contributed by atoms with Gasteiger partial charge in [0.1, 0.15) is 6.61 Å². The molecule has 1 aromatic heterocycles. The molecule has 0 unspecified atom stereocenters. The van der Waals surface area contributed by atoms with Crippen molar-refractivity contribution in [2.75, 3.05) is 0 Å². The average Bonchev–Trinajstić information content (AvgIpc) is 2.66. The second-order valence-electron chi connectivity index (χ2n) is 7.54. The van der Waals surface area contributed by atoms with Crippen molar-refractivity contribution in [1.29, 1.82) is 0 Å². The van der Waals surface area contributed by atoms with Crippen LogP contribution in [0.1, 0.15) is 49.3 Å². The van der Waals surface area contributed by atoms with Gasteiger partial charge in [-0.25, -0.2) is 9.48 Å². The average molecular weight is 364 g/mol. The number of benzene rings is 2. The van der Waals surface area contributed by atoms with Crippen LogP contribution >= 0.6 is 0 Å². The summed E-state index contributed by atoms with van der Waals surface area (Å²) in [5.41, 5.74) is 2.16. The van der Waals surface area contributed by atoms with Crippen LogP contribution in [0, 0.1) is 0 Å². The Morgan fingerprint density at radius 2 is 1.67 bits per heavy atom. The molecule has 140 valence electrons. The van der Waals surface area contributed by atoms with E-state index in [1.165, 1.54) is 10.2 Å². The van der Waals surface area contributed by atoms with Gasteiger partial charge in [-0.1, -0.05) is 63.2 Å². The highest BCUT2D eigenvalue weighted by Crippen LogP contribution is 2.22. The molecule has 2 aromatic carbocycles. The Balaban J connectivity index is 1.85. The molecule has 1 heterocycles. The van der Waals surface area contributed by atoms with Crippen molar-refractivity contribution >= 4 is 16.7 Å². The molecule has 0 aliphatic heterocycles. The van der Waals surface area contributed by atoms with Crippen LogP contribution in [0.5, 0.6) is 0 Å². The molecule has 0 atom stereocenters. The zero-order chi connectivity index (χ0) is 19.6. The summed E-state index contributed by atoms with van der Waals surface area (Å²) in [6.45, 7) is 8.82. The number of fused-ring (bicyclic) bond motifs is 1. The first-order valence-electron chi connectivity index (χ1n) is 9.07. The van der Waals surface area contributed by atoms with Crippen molar-refractivity contribution in [1.82, 2.24) is 9.78 Å². The van der Waals surface area contributed by atoms with Crippen molar-refractivity contribution in [3.8, 4) is 0 Å². The van der Waals surface area contributed by atoms with Crippen LogP contribution in [-0.4, -0.2) is 15.7 Å². The number of aromatic nitrogens is 2. The third-order valence-electron chi connectivity index (χ3n) is 4.55. The minimum Gasteiger partial charge on any atom is -0.456 e. The number of ether oxygens (including phenoxy) is 1. The number of carbonyl (C=O) groups is 1. The van der Waals surface area contributed by atoms with Crippen molar-refractivity contribution in [2.45, 2.75) is 46.3 Å². The minimum absolute atomic E-state index is 0.0753. The quantitative estimate of drug-likeness (QED) is 0.655. The normalized spacial score (nSPS) is 11.6. The van der Waals surface area contributed by atoms with Gasteiger partial charge < -0.3 is 4.74 Å². The summed E-state index contributed by atoms with van der Waals surface area (Å²) in [6, 6.07) is 15.0. The smallest absolute Gasteiger partial charge is 0.359 e. The van der Waals surface area contributed by atoms with E-state index in [0.717, 1.165) is 5.56 Å². The maximum atomic E-state index is 12.6. The first kappa shape index (κ1) is 18.8. The van der Waals surface area contributed by atoms with Crippen LogP contribution in [0.4, 0.5) is 0 Å². The van der Waals surface area contributed by atoms with E-state index in [0.29, 0.717) is 17.3 Å². The third kappa shape index (κ3) is 3.92. The summed E-state index contributed by atoms with van der Waals surface area (Å²) in [7, 11) is 0. The molecule has 0 N–H and O–H groups in total. The summed E-state index contributed by atoms with van der Waals surface area (Å²) in [6.07, 6.45) is 0. The largest absolute Gasteiger partial charge is 0.456 e. The Kier molecular flexibility index (Phi) is 5.13. The second kappa shape index (κ2) is 7.35. The zero-order valence-electron chi connectivity index (χ0n) is 16.2. The molecule has 0 bridgehead atoms. The Bertz CT molecular complexity index is 1030. The number of hydrogen-bond donors (Lipinski definition) is 0. The number of esters is 1. The molecule has 3 rings (SSSR count). The van der Waals surface area contributed by atoms with Gasteiger partial charge in [-0.15, -0.1) is 0 Å². The highest BCUT2D eigenvalue weighted by atomic mass is 16.5. The molecule has 0 saturated heterocycles. The number of hydrogen-bond acceptors (Lipinski definition) is 4. The molecule has 0 saturated carbocycles. The van der Waals surface area contributed by atoms with Crippen LogP contribution < -0.4 is 5.56 Å². The SMILES string of the molecule is CCn1nc(C(=O)OCc2ccc(C(C)(C)C)cc2)c2ccccc2c1=O. The van der Waals surface area contributed by atoms with Crippen molar-refractivity contribution in [3.63, 3.8) is 0 Å². The van der Waals surface area contributed by atoms with Crippen LogP contribution in [0.25, 0.3) is 10.8 Å². The predicted octanol–water partition coefficient (Wildman–Crippen LogP) is 4.07. The molecule has 0 aliphatic rings. The van der Waals surface area contributed by atoms with Gasteiger partial charge in [0.15, 0.2) is 5.69 Å². The van der Waals surface area contributed by atoms with Gasteiger partial charge in [-0.05, 0) is 29.5 Å². The van der Waals surface area contributed by atoms with Gasteiger partial charge >= 0.3 is 5.97 Å². The molecular weight excluding hydrogens is 340 g/mol. The van der Waals surface area contributed by atoms with E-state index in [1.807, 2.05) is 31.2 Å². The molecule has 27 heavy (non-hydrogen) atoms. The van der Waals surface area contributed by atoms with E-state index in [1.54, 1.807) is 24.3 Å². The van der Waals surface area contributed by atoms with Crippen LogP contribution in [-0.2, 0) is 23.3 Å². The molecule has 5 nitrogen and oxygen atoms in total. The van der Waals surface area contributed by atoms with Gasteiger partial charge in [-0.2, -0.15) is 5.10 Å². The van der Waals surface area contributed by atoms with E-state index in [4.69, 9.17) is 4.74 Å². The molecule has 0 spiro atoms. The number of nitrogens with zero attached hydrogens (tertiary/aromatic N) is 2. The minimum atomic E-state index is -0.534. The molecular formula is C22H24N2O3. The van der Waals surface area contributed by atoms with E-state index < -0.39 is 5.97 Å². The monoisotopic (exact) mass is 364 g/mol. The summed E-state index contributed by atoms with van der Waals surface area (Å²) in [5.74, 6) is -0.534. The first-order chi connectivity index (χ1) is 12.8. The Hall–Kier alpha value is -2.95. The standard InChI is InChI=1S/C22H24N2O3/c1-5-24-20(25)18-9-7-6-8-17(18)19(23-24)21(26)27-14-15-10-12-16(13-11-15)22(2,3)4/h6-13H,5,14H2,1-4H3. The lowest BCUT2D eigenvalue weighted by molar-refractivity contribution is 0.0465. The highest BCUT2D eigenvalue weighted by Gasteiger charge is 2.18. The van der Waals surface area contributed by atoms with Gasteiger partial charge in [-0.3, -0.25) is 4.79 Å². The lowest BCUT2D eigenvalue weighted by Gasteiger charge is -2.19. The van der Waals surface area contributed by atoms with Crippen LogP contribution in [0.15, 0.2) is 53.3 Å². The molecule has 3 aromatic rings. The Labute approximate surface area is 158 Å². The van der Waals surface area contributed by atoms with E-state index in [2.05, 4.69) is 25.9 Å². The Morgan fingerprint density at radius 3 is 2.26 bits per heavy atom. The van der Waals surface area contributed by atoms with Crippen molar-refractivity contribution < 1.29 is 9.53 Å². The second-order valence-corrected chi connectivity index (χ2v) is 7.54. The van der Waals surface area contributed by atoms with Crippen molar-refractivity contribution in [2.24, 2.45) is 0 Å². The highest BCUT2D eigenvalue weighted by molar-refractivity contribution is 6.02. The third-order valence-corrected chi connectivity index (χ3v) is 4.55. The number of carbonyl (C=O) groups excluding carboxylic acids is 1. The summed E-state index contributed by atoms with van der Waals surface area (Å²) >= 11 is 0. The maximum absolute atomic E-state index is 12.6. The molecule has 5 heteroatoms. The van der Waals surface area contributed by atoms with Crippen molar-refractivity contribution in [3.05, 3.63) is 75.7 Å². The van der Waals surface area contributed by atoms with Crippen LogP contribution in [0.2, 0.25) is 0 Å². The molecule has 0 amide bonds. The predicted molar refractivity (Wildman–Crippen MR) is 106 cm³/mol. The topological polar surface area (TPSA) is 61.2 Å². The molecule has 0 radical (unpaired) electrons. The van der Waals surface area contributed by atoms with Gasteiger partial charge in [0.05, 0.1) is 5.39 Å². The lowest BCUT2D eigenvalue weighted by atomic mass is 9.87. The molecule has 0 aliphatic carbocycles. The summed E-state index contributed by atoms with van der Waals surface area (Å²) in [4.78, 5) is 25.0. The van der Waals surface area contributed by atoms with E-state index in [-0.39, 0.29) is 23.3 Å². The fourth-order valence-corrected chi connectivity index (χ4v) is 2.92. The Morgan fingerprint density at radius 1 is 1.04 bits per heavy atom. The van der Waals surface area contributed by atoms with Gasteiger partial charge in [0.2, 0.25) is 0 Å². The number of rotatable bonds is 4. The van der Waals surface area contributed by atoms with Crippen LogP contribution in [0.3, 0.4) is 0 Å². The number of aryl methyl sites for hydroxylation is 1. The maximum Gasteiger partial charge on any atom is 0.359 e. The molecule has 0 fully saturated rings. The summed E-state index contributed by atoms with van der Waals surface area (Å²) in [5, 5.41) is 5.19. The summed E-state index contributed by atoms with van der Waals surface area (Å²) < 4.78 is 6.76. The van der Waals surface area contributed by atoms with E-state index in [9.17, 15) is 9.59 Å². The fourth-order valence-electron chi connectivity index (χ4n) is 2.92.